The van der Waals surface area contributed by atoms with E-state index in [-0.39, 0.29) is 16.1 Å². The molecule has 4 nitrogen and oxygen atoms in total. The van der Waals surface area contributed by atoms with Gasteiger partial charge in [-0.2, -0.15) is 13.2 Å². The summed E-state index contributed by atoms with van der Waals surface area (Å²) in [6, 6.07) is 2.73. The molecule has 5 N–H and O–H groups in total. The van der Waals surface area contributed by atoms with E-state index in [0.29, 0.717) is 11.3 Å². The summed E-state index contributed by atoms with van der Waals surface area (Å²) in [6.45, 7) is 0. The average molecular weight is 306 g/mol. The van der Waals surface area contributed by atoms with Crippen LogP contribution in [0.2, 0.25) is 0 Å². The number of alkyl halides is 3. The third-order valence-corrected chi connectivity index (χ3v) is 3.68. The van der Waals surface area contributed by atoms with Gasteiger partial charge in [0, 0.05) is 22.3 Å². The first kappa shape index (κ1) is 14.7. The minimum atomic E-state index is -4.53. The summed E-state index contributed by atoms with van der Waals surface area (Å²) < 4.78 is 50.8. The Kier molecular flexibility index (Phi) is 3.93. The molecule has 2 rings (SSSR count). The largest absolute Gasteiger partial charge is 0.443 e. The highest BCUT2D eigenvalue weighted by molar-refractivity contribution is 7.11. The number of thiazole rings is 1. The molecule has 0 aliphatic heterocycles. The molecule has 0 saturated heterocycles. The molecule has 0 aliphatic rings. The number of benzene rings is 1. The first-order valence-corrected chi connectivity index (χ1v) is 6.18. The van der Waals surface area contributed by atoms with E-state index >= 15 is 0 Å². The summed E-state index contributed by atoms with van der Waals surface area (Å²) in [5.74, 6) is 4.78. The summed E-state index contributed by atoms with van der Waals surface area (Å²) in [5, 5.41) is -0.997. The normalized spacial score (nSPS) is 13.4. The third-order valence-electron chi connectivity index (χ3n) is 2.58. The van der Waals surface area contributed by atoms with Gasteiger partial charge in [-0.05, 0) is 18.2 Å². The number of hydrogen-bond donors (Lipinski definition) is 3. The summed E-state index contributed by atoms with van der Waals surface area (Å²) in [6.07, 6.45) is -3.49. The van der Waals surface area contributed by atoms with Crippen molar-refractivity contribution >= 4 is 17.0 Å². The number of nitrogens with one attached hydrogen (secondary N) is 1. The van der Waals surface area contributed by atoms with Crippen LogP contribution in [0.25, 0.3) is 0 Å². The molecule has 1 unspecified atom stereocenters. The van der Waals surface area contributed by atoms with Crippen LogP contribution >= 0.6 is 11.3 Å². The van der Waals surface area contributed by atoms with Crippen molar-refractivity contribution in [1.82, 2.24) is 10.4 Å². The molecule has 1 heterocycles. The lowest BCUT2D eigenvalue weighted by Gasteiger charge is -2.16. The second kappa shape index (κ2) is 5.35. The van der Waals surface area contributed by atoms with Crippen molar-refractivity contribution in [1.29, 1.82) is 0 Å². The molecule has 9 heteroatoms. The molecule has 0 bridgehead atoms. The smallest absolute Gasteiger partial charge is 0.398 e. The van der Waals surface area contributed by atoms with Crippen LogP contribution in [0.3, 0.4) is 0 Å². The van der Waals surface area contributed by atoms with Gasteiger partial charge >= 0.3 is 6.18 Å². The molecule has 0 spiro atoms. The Morgan fingerprint density at radius 3 is 2.55 bits per heavy atom. The quantitative estimate of drug-likeness (QED) is 0.352. The van der Waals surface area contributed by atoms with E-state index in [2.05, 4.69) is 10.4 Å². The number of nitrogen functional groups attached to an aromatic ring is 1. The number of anilines is 1. The Bertz CT molecular complexity index is 611. The van der Waals surface area contributed by atoms with Gasteiger partial charge in [-0.15, -0.1) is 11.3 Å². The van der Waals surface area contributed by atoms with E-state index < -0.39 is 23.0 Å². The van der Waals surface area contributed by atoms with Gasteiger partial charge in [-0.25, -0.2) is 14.8 Å². The number of nitrogens with two attached hydrogens (primary N) is 2. The Balaban J connectivity index is 2.42. The zero-order valence-corrected chi connectivity index (χ0v) is 10.7. The Morgan fingerprint density at radius 2 is 2.00 bits per heavy atom. The highest BCUT2D eigenvalue weighted by Crippen LogP contribution is 2.36. The van der Waals surface area contributed by atoms with Gasteiger partial charge in [0.1, 0.15) is 5.82 Å². The van der Waals surface area contributed by atoms with Crippen LogP contribution in [0.4, 0.5) is 23.2 Å². The molecular formula is C11H10F4N4S. The van der Waals surface area contributed by atoms with Crippen molar-refractivity contribution in [2.45, 2.75) is 12.2 Å². The van der Waals surface area contributed by atoms with Crippen LogP contribution in [0.1, 0.15) is 21.5 Å². The lowest BCUT2D eigenvalue weighted by atomic mass is 10.0. The zero-order valence-electron chi connectivity index (χ0n) is 9.91. The first-order chi connectivity index (χ1) is 9.32. The fraction of sp³-hybridized carbons (Fsp3) is 0.182. The van der Waals surface area contributed by atoms with Crippen molar-refractivity contribution in [2.24, 2.45) is 5.84 Å². The molecule has 108 valence electrons. The van der Waals surface area contributed by atoms with Crippen molar-refractivity contribution in [3.05, 3.63) is 45.7 Å². The first-order valence-electron chi connectivity index (χ1n) is 5.37. The predicted molar refractivity (Wildman–Crippen MR) is 67.1 cm³/mol. The molecule has 2 aromatic rings. The van der Waals surface area contributed by atoms with Crippen molar-refractivity contribution in [2.75, 3.05) is 5.73 Å². The molecule has 0 aliphatic carbocycles. The lowest BCUT2D eigenvalue weighted by Crippen LogP contribution is -2.29. The summed E-state index contributed by atoms with van der Waals surface area (Å²) in [4.78, 5) is 3.49. The summed E-state index contributed by atoms with van der Waals surface area (Å²) in [7, 11) is 0. The van der Waals surface area contributed by atoms with E-state index in [1.807, 2.05) is 0 Å². The van der Waals surface area contributed by atoms with Crippen molar-refractivity contribution in [3.63, 3.8) is 0 Å². The predicted octanol–water partition coefficient (Wildman–Crippen LogP) is 2.44. The SMILES string of the molecule is NNC(c1cnc(C(F)(F)F)s1)c1cc(F)ccc1N. The maximum atomic E-state index is 13.2. The molecule has 20 heavy (non-hydrogen) atoms. The topological polar surface area (TPSA) is 77.0 Å². The Labute approximate surface area is 115 Å². The van der Waals surface area contributed by atoms with Crippen LogP contribution in [0.15, 0.2) is 24.4 Å². The third kappa shape index (κ3) is 2.89. The molecule has 0 fully saturated rings. The number of halogens is 4. The Hall–Kier alpha value is -1.71. The average Bonchev–Trinajstić information content (AvgIpc) is 2.84. The Morgan fingerprint density at radius 1 is 1.30 bits per heavy atom. The molecule has 1 aromatic heterocycles. The number of nitrogens with zero attached hydrogens (tertiary/aromatic N) is 1. The molecule has 1 atom stereocenters. The molecule has 0 radical (unpaired) electrons. The fourth-order valence-corrected chi connectivity index (χ4v) is 2.53. The summed E-state index contributed by atoms with van der Waals surface area (Å²) >= 11 is 0.425. The molecule has 0 saturated carbocycles. The van der Waals surface area contributed by atoms with E-state index in [9.17, 15) is 17.6 Å². The van der Waals surface area contributed by atoms with Crippen LogP contribution in [-0.4, -0.2) is 4.98 Å². The van der Waals surface area contributed by atoms with Crippen LogP contribution in [-0.2, 0) is 6.18 Å². The van der Waals surface area contributed by atoms with Gasteiger partial charge < -0.3 is 5.73 Å². The van der Waals surface area contributed by atoms with Crippen LogP contribution < -0.4 is 17.0 Å². The zero-order chi connectivity index (χ0) is 14.9. The van der Waals surface area contributed by atoms with Crippen molar-refractivity contribution in [3.8, 4) is 0 Å². The van der Waals surface area contributed by atoms with E-state index in [1.165, 1.54) is 6.07 Å². The molecule has 0 amide bonds. The van der Waals surface area contributed by atoms with Gasteiger partial charge in [0.25, 0.3) is 0 Å². The lowest BCUT2D eigenvalue weighted by molar-refractivity contribution is -0.137. The maximum absolute atomic E-state index is 13.2. The van der Waals surface area contributed by atoms with Gasteiger partial charge in [0.05, 0.1) is 6.04 Å². The van der Waals surface area contributed by atoms with Gasteiger partial charge in [-0.3, -0.25) is 5.84 Å². The van der Waals surface area contributed by atoms with Gasteiger partial charge in [-0.1, -0.05) is 0 Å². The molecular weight excluding hydrogens is 296 g/mol. The summed E-state index contributed by atoms with van der Waals surface area (Å²) in [5.41, 5.74) is 8.49. The number of rotatable bonds is 3. The van der Waals surface area contributed by atoms with Crippen LogP contribution in [0, 0.1) is 5.82 Å². The standard InChI is InChI=1S/C11H10F4N4S/c12-5-1-2-7(16)6(3-5)9(19-17)8-4-18-10(20-8)11(13,14)15/h1-4,9,19H,16-17H2. The van der Waals surface area contributed by atoms with Gasteiger partial charge in [0.15, 0.2) is 5.01 Å². The monoisotopic (exact) mass is 306 g/mol. The number of hydrazine groups is 1. The van der Waals surface area contributed by atoms with Gasteiger partial charge in [0.2, 0.25) is 0 Å². The van der Waals surface area contributed by atoms with Crippen LogP contribution in [0.5, 0.6) is 0 Å². The number of hydrogen-bond acceptors (Lipinski definition) is 5. The minimum absolute atomic E-state index is 0.192. The van der Waals surface area contributed by atoms with E-state index in [0.717, 1.165) is 18.3 Å². The number of aromatic nitrogens is 1. The van der Waals surface area contributed by atoms with E-state index in [4.69, 9.17) is 11.6 Å². The maximum Gasteiger partial charge on any atom is 0.443 e. The second-order valence-electron chi connectivity index (χ2n) is 3.94. The highest BCUT2D eigenvalue weighted by Gasteiger charge is 2.35. The van der Waals surface area contributed by atoms with Crippen molar-refractivity contribution < 1.29 is 17.6 Å². The highest BCUT2D eigenvalue weighted by atomic mass is 32.1. The second-order valence-corrected chi connectivity index (χ2v) is 5.00. The molecule has 1 aromatic carbocycles. The minimum Gasteiger partial charge on any atom is -0.398 e. The van der Waals surface area contributed by atoms with E-state index in [1.54, 1.807) is 0 Å². The fourth-order valence-electron chi connectivity index (χ4n) is 1.67.